The van der Waals surface area contributed by atoms with Crippen molar-refractivity contribution < 1.29 is 4.79 Å². The summed E-state index contributed by atoms with van der Waals surface area (Å²) in [7, 11) is 0. The van der Waals surface area contributed by atoms with Crippen LogP contribution in [0.4, 0.5) is 17.1 Å². The second-order valence-electron chi connectivity index (χ2n) is 6.70. The van der Waals surface area contributed by atoms with Gasteiger partial charge >= 0.3 is 0 Å². The lowest BCUT2D eigenvalue weighted by Crippen LogP contribution is -2.37. The first-order valence-corrected chi connectivity index (χ1v) is 9.08. The minimum atomic E-state index is -0.251. The first-order valence-electron chi connectivity index (χ1n) is 8.70. The van der Waals surface area contributed by atoms with Crippen molar-refractivity contribution in [1.82, 2.24) is 0 Å². The Hall–Kier alpha value is -2.20. The van der Waals surface area contributed by atoms with Gasteiger partial charge in [0.25, 0.3) is 5.91 Å². The van der Waals surface area contributed by atoms with E-state index in [-0.39, 0.29) is 5.91 Å². The van der Waals surface area contributed by atoms with Crippen LogP contribution in [-0.2, 0) is 0 Å². The molecule has 1 amide bonds. The van der Waals surface area contributed by atoms with E-state index in [9.17, 15) is 4.79 Å². The fraction of sp³-hybridized carbons (Fsp3) is 0.350. The highest BCUT2D eigenvalue weighted by molar-refractivity contribution is 6.34. The quantitative estimate of drug-likeness (QED) is 0.771. The van der Waals surface area contributed by atoms with E-state index in [2.05, 4.69) is 24.1 Å². The molecule has 1 atom stereocenters. The summed E-state index contributed by atoms with van der Waals surface area (Å²) in [6.45, 7) is 5.34. The number of nitrogen functional groups attached to an aromatic ring is 1. The number of hydrogen-bond donors (Lipinski definition) is 2. The largest absolute Gasteiger partial charge is 0.397 e. The van der Waals surface area contributed by atoms with Crippen LogP contribution in [0, 0.1) is 6.92 Å². The minimum Gasteiger partial charge on any atom is -0.397 e. The lowest BCUT2D eigenvalue weighted by Gasteiger charge is -2.36. The molecule has 0 aliphatic carbocycles. The topological polar surface area (TPSA) is 58.4 Å². The molecule has 0 spiro atoms. The number of piperidine rings is 1. The number of amides is 1. The second-order valence-corrected chi connectivity index (χ2v) is 7.11. The van der Waals surface area contributed by atoms with Crippen molar-refractivity contribution in [3.05, 3.63) is 52.5 Å². The van der Waals surface area contributed by atoms with Gasteiger partial charge in [0.15, 0.2) is 0 Å². The summed E-state index contributed by atoms with van der Waals surface area (Å²) in [6, 6.07) is 11.4. The Morgan fingerprint density at radius 2 is 2.04 bits per heavy atom. The molecule has 1 heterocycles. The maximum absolute atomic E-state index is 12.6. The molecule has 0 radical (unpaired) electrons. The van der Waals surface area contributed by atoms with Crippen LogP contribution in [0.2, 0.25) is 5.02 Å². The molecule has 132 valence electrons. The Labute approximate surface area is 154 Å². The van der Waals surface area contributed by atoms with Crippen LogP contribution in [0.3, 0.4) is 0 Å². The summed E-state index contributed by atoms with van der Waals surface area (Å²) in [4.78, 5) is 15.0. The molecule has 1 aliphatic rings. The molecule has 1 saturated heterocycles. The predicted molar refractivity (Wildman–Crippen MR) is 106 cm³/mol. The van der Waals surface area contributed by atoms with E-state index < -0.39 is 0 Å². The number of carbonyl (C=O) groups is 1. The van der Waals surface area contributed by atoms with Gasteiger partial charge in [-0.05, 0) is 62.9 Å². The van der Waals surface area contributed by atoms with Crippen molar-refractivity contribution in [3.8, 4) is 0 Å². The van der Waals surface area contributed by atoms with E-state index >= 15 is 0 Å². The molecule has 1 aliphatic heterocycles. The van der Waals surface area contributed by atoms with Crippen molar-refractivity contribution in [2.45, 2.75) is 39.2 Å². The van der Waals surface area contributed by atoms with Crippen molar-refractivity contribution in [1.29, 1.82) is 0 Å². The van der Waals surface area contributed by atoms with Gasteiger partial charge in [-0.1, -0.05) is 23.7 Å². The zero-order valence-electron chi connectivity index (χ0n) is 14.7. The number of nitrogens with zero attached hydrogens (tertiary/aromatic N) is 1. The van der Waals surface area contributed by atoms with Gasteiger partial charge in [0, 0.05) is 18.3 Å². The zero-order valence-corrected chi connectivity index (χ0v) is 15.4. The van der Waals surface area contributed by atoms with E-state index in [0.29, 0.717) is 28.0 Å². The fourth-order valence-corrected chi connectivity index (χ4v) is 3.65. The highest BCUT2D eigenvalue weighted by atomic mass is 35.5. The van der Waals surface area contributed by atoms with Gasteiger partial charge in [0.05, 0.1) is 22.0 Å². The maximum Gasteiger partial charge on any atom is 0.257 e. The number of nitrogens with one attached hydrogen (secondary N) is 1. The molecule has 4 nitrogen and oxygen atoms in total. The van der Waals surface area contributed by atoms with Crippen LogP contribution >= 0.6 is 11.6 Å². The summed E-state index contributed by atoms with van der Waals surface area (Å²) in [5.74, 6) is -0.251. The Morgan fingerprint density at radius 1 is 1.28 bits per heavy atom. The number of hydrogen-bond acceptors (Lipinski definition) is 3. The highest BCUT2D eigenvalue weighted by Gasteiger charge is 2.21. The van der Waals surface area contributed by atoms with Gasteiger partial charge in [-0.15, -0.1) is 0 Å². The van der Waals surface area contributed by atoms with Gasteiger partial charge in [-0.25, -0.2) is 0 Å². The number of aryl methyl sites for hydroxylation is 1. The van der Waals surface area contributed by atoms with Crippen molar-refractivity contribution in [2.24, 2.45) is 0 Å². The van der Waals surface area contributed by atoms with E-state index in [4.69, 9.17) is 17.3 Å². The zero-order chi connectivity index (χ0) is 18.0. The highest BCUT2D eigenvalue weighted by Crippen LogP contribution is 2.33. The third-order valence-electron chi connectivity index (χ3n) is 4.85. The monoisotopic (exact) mass is 357 g/mol. The Kier molecular flexibility index (Phi) is 5.19. The Balaban J connectivity index is 1.90. The van der Waals surface area contributed by atoms with Gasteiger partial charge in [0.2, 0.25) is 0 Å². The molecule has 0 aromatic heterocycles. The van der Waals surface area contributed by atoms with E-state index in [1.54, 1.807) is 24.3 Å². The number of rotatable bonds is 3. The molecule has 2 aromatic rings. The molecular formula is C20H24ClN3O. The molecular weight excluding hydrogens is 334 g/mol. The van der Waals surface area contributed by atoms with Crippen LogP contribution < -0.4 is 16.0 Å². The second kappa shape index (κ2) is 7.36. The molecule has 5 heteroatoms. The standard InChI is InChI=1S/C20H24ClN3O/c1-13-11-17(22)18(12-19(13)24-10-6-5-7-14(24)2)23-20(25)15-8-3-4-9-16(15)21/h3-4,8-9,11-12,14H,5-7,10,22H2,1-2H3,(H,23,25)/t14-/m1/s1. The van der Waals surface area contributed by atoms with Crippen LogP contribution in [-0.4, -0.2) is 18.5 Å². The Bertz CT molecular complexity index is 791. The van der Waals surface area contributed by atoms with Crippen LogP contribution in [0.5, 0.6) is 0 Å². The third kappa shape index (κ3) is 3.74. The van der Waals surface area contributed by atoms with Crippen molar-refractivity contribution in [2.75, 3.05) is 22.5 Å². The molecule has 25 heavy (non-hydrogen) atoms. The number of benzene rings is 2. The predicted octanol–water partition coefficient (Wildman–Crippen LogP) is 4.86. The summed E-state index contributed by atoms with van der Waals surface area (Å²) >= 11 is 6.12. The lowest BCUT2D eigenvalue weighted by atomic mass is 10.0. The fourth-order valence-electron chi connectivity index (χ4n) is 3.43. The maximum atomic E-state index is 12.6. The third-order valence-corrected chi connectivity index (χ3v) is 5.18. The normalized spacial score (nSPS) is 17.4. The van der Waals surface area contributed by atoms with Crippen molar-refractivity contribution >= 4 is 34.6 Å². The van der Waals surface area contributed by atoms with Crippen molar-refractivity contribution in [3.63, 3.8) is 0 Å². The minimum absolute atomic E-state index is 0.251. The summed E-state index contributed by atoms with van der Waals surface area (Å²) < 4.78 is 0. The molecule has 1 fully saturated rings. The first-order chi connectivity index (χ1) is 12.0. The number of halogens is 1. The molecule has 0 unspecified atom stereocenters. The van der Waals surface area contributed by atoms with E-state index in [1.807, 2.05) is 12.1 Å². The summed E-state index contributed by atoms with van der Waals surface area (Å²) in [5.41, 5.74) is 10.0. The average molecular weight is 358 g/mol. The van der Waals surface area contributed by atoms with Crippen LogP contribution in [0.1, 0.15) is 42.1 Å². The number of nitrogens with two attached hydrogens (primary N) is 1. The van der Waals surface area contributed by atoms with Gasteiger partial charge < -0.3 is 16.0 Å². The van der Waals surface area contributed by atoms with E-state index in [1.165, 1.54) is 19.3 Å². The lowest BCUT2D eigenvalue weighted by molar-refractivity contribution is 0.102. The molecule has 3 rings (SSSR count). The summed E-state index contributed by atoms with van der Waals surface area (Å²) in [6.07, 6.45) is 3.64. The summed E-state index contributed by atoms with van der Waals surface area (Å²) in [5, 5.41) is 3.34. The average Bonchev–Trinajstić information content (AvgIpc) is 2.58. The first kappa shape index (κ1) is 17.6. The number of carbonyl (C=O) groups excluding carboxylic acids is 1. The van der Waals surface area contributed by atoms with Gasteiger partial charge in [-0.3, -0.25) is 4.79 Å². The Morgan fingerprint density at radius 3 is 2.76 bits per heavy atom. The van der Waals surface area contributed by atoms with Gasteiger partial charge in [-0.2, -0.15) is 0 Å². The van der Waals surface area contributed by atoms with E-state index in [0.717, 1.165) is 17.8 Å². The van der Waals surface area contributed by atoms with Crippen LogP contribution in [0.15, 0.2) is 36.4 Å². The smallest absolute Gasteiger partial charge is 0.257 e. The molecule has 2 aromatic carbocycles. The number of anilines is 3. The molecule has 3 N–H and O–H groups in total. The van der Waals surface area contributed by atoms with Gasteiger partial charge in [0.1, 0.15) is 0 Å². The van der Waals surface area contributed by atoms with Crippen LogP contribution in [0.25, 0.3) is 0 Å². The molecule has 0 bridgehead atoms. The molecule has 0 saturated carbocycles. The SMILES string of the molecule is Cc1cc(N)c(NC(=O)c2ccccc2Cl)cc1N1CCCC[C@H]1C.